The molecule has 1 aliphatic heterocycles. The fourth-order valence-corrected chi connectivity index (χ4v) is 5.37. The van der Waals surface area contributed by atoms with Crippen molar-refractivity contribution in [2.75, 3.05) is 33.1 Å². The zero-order valence-electron chi connectivity index (χ0n) is 18.8. The Morgan fingerprint density at radius 2 is 1.94 bits per heavy atom. The van der Waals surface area contributed by atoms with Gasteiger partial charge in [0.2, 0.25) is 5.76 Å². The summed E-state index contributed by atoms with van der Waals surface area (Å²) >= 11 is 0. The molecule has 2 heterocycles. The van der Waals surface area contributed by atoms with Gasteiger partial charge in [-0.05, 0) is 57.0 Å². The Morgan fingerprint density at radius 3 is 2.64 bits per heavy atom. The number of methoxy groups -OCH3 is 2. The third kappa shape index (κ3) is 4.36. The van der Waals surface area contributed by atoms with Crippen LogP contribution < -0.4 is 20.1 Å². The molecule has 3 unspecified atom stereocenters. The van der Waals surface area contributed by atoms with E-state index in [9.17, 15) is 18.0 Å². The summed E-state index contributed by atoms with van der Waals surface area (Å²) in [7, 11) is 5.28. The summed E-state index contributed by atoms with van der Waals surface area (Å²) in [5, 5.41) is 5.12. The molecule has 3 atom stereocenters. The van der Waals surface area contributed by atoms with Crippen molar-refractivity contribution in [1.29, 1.82) is 0 Å². The molecule has 2 amide bonds. The van der Waals surface area contributed by atoms with E-state index in [-0.39, 0.29) is 17.5 Å². The highest BCUT2D eigenvalue weighted by molar-refractivity contribution is 5.90. The first-order chi connectivity index (χ1) is 15.7. The van der Waals surface area contributed by atoms with Crippen LogP contribution in [-0.2, 0) is 11.6 Å². The summed E-state index contributed by atoms with van der Waals surface area (Å²) in [5.74, 6) is 0.132. The maximum Gasteiger partial charge on any atom is 0.451 e. The highest BCUT2D eigenvalue weighted by Gasteiger charge is 2.50. The van der Waals surface area contributed by atoms with Gasteiger partial charge < -0.3 is 29.4 Å². The van der Waals surface area contributed by atoms with Crippen LogP contribution in [0, 0.1) is 0 Å². The second-order valence-electron chi connectivity index (χ2n) is 8.70. The molecule has 2 fully saturated rings. The maximum atomic E-state index is 13.0. The number of anilines is 1. The predicted octanol–water partition coefficient (Wildman–Crippen LogP) is 4.63. The van der Waals surface area contributed by atoms with E-state index in [1.807, 2.05) is 12.1 Å². The van der Waals surface area contributed by atoms with Crippen molar-refractivity contribution in [3.05, 3.63) is 41.9 Å². The smallest absolute Gasteiger partial charge is 0.451 e. The minimum absolute atomic E-state index is 0.0863. The van der Waals surface area contributed by atoms with Gasteiger partial charge in [-0.1, -0.05) is 6.07 Å². The van der Waals surface area contributed by atoms with Crippen LogP contribution in [0.1, 0.15) is 37.0 Å². The Kier molecular flexibility index (Phi) is 6.22. The molecule has 2 aromatic rings. The summed E-state index contributed by atoms with van der Waals surface area (Å²) in [4.78, 5) is 14.8. The van der Waals surface area contributed by atoms with Gasteiger partial charge in [-0.15, -0.1) is 0 Å². The first kappa shape index (κ1) is 23.3. The number of fused-ring (bicyclic) bond motifs is 1. The molecule has 1 saturated carbocycles. The van der Waals surface area contributed by atoms with Crippen LogP contribution in [-0.4, -0.2) is 50.8 Å². The summed E-state index contributed by atoms with van der Waals surface area (Å²) in [6.45, 7) is 0.919. The normalized spacial score (nSPS) is 25.4. The zero-order valence-corrected chi connectivity index (χ0v) is 18.8. The number of rotatable bonds is 5. The van der Waals surface area contributed by atoms with Crippen molar-refractivity contribution in [1.82, 2.24) is 10.2 Å². The maximum absolute atomic E-state index is 13.0. The van der Waals surface area contributed by atoms with Gasteiger partial charge in [0.15, 0.2) is 11.5 Å². The van der Waals surface area contributed by atoms with Crippen molar-refractivity contribution in [2.24, 2.45) is 0 Å². The molecular formula is C23H28F3N3O4. The van der Waals surface area contributed by atoms with Crippen LogP contribution >= 0.6 is 0 Å². The monoisotopic (exact) mass is 467 g/mol. The second kappa shape index (κ2) is 8.81. The zero-order chi connectivity index (χ0) is 23.8. The number of ether oxygens (including phenoxy) is 2. The second-order valence-corrected chi connectivity index (χ2v) is 8.70. The van der Waals surface area contributed by atoms with Crippen molar-refractivity contribution in [3.8, 4) is 11.5 Å². The molecule has 1 aromatic carbocycles. The van der Waals surface area contributed by atoms with Crippen LogP contribution in [0.15, 0.2) is 34.9 Å². The number of hydrogen-bond donors (Lipinski definition) is 2. The Hall–Kier alpha value is -2.88. The fraction of sp³-hybridized carbons (Fsp3) is 0.522. The summed E-state index contributed by atoms with van der Waals surface area (Å²) in [6, 6.07) is 6.45. The molecule has 1 saturated heterocycles. The molecule has 7 nitrogen and oxygen atoms in total. The molecule has 0 bridgehead atoms. The van der Waals surface area contributed by atoms with Gasteiger partial charge in [0.05, 0.1) is 26.2 Å². The number of hydrogen-bond acceptors (Lipinski definition) is 5. The van der Waals surface area contributed by atoms with Gasteiger partial charge in [0, 0.05) is 23.6 Å². The van der Waals surface area contributed by atoms with Crippen molar-refractivity contribution in [2.45, 2.75) is 49.4 Å². The average molecular weight is 467 g/mol. The van der Waals surface area contributed by atoms with Crippen molar-refractivity contribution >= 4 is 11.7 Å². The topological polar surface area (TPSA) is 76.0 Å². The lowest BCUT2D eigenvalue weighted by molar-refractivity contribution is -0.152. The van der Waals surface area contributed by atoms with Gasteiger partial charge in [-0.2, -0.15) is 13.2 Å². The molecule has 10 heteroatoms. The number of furan rings is 1. The predicted molar refractivity (Wildman–Crippen MR) is 116 cm³/mol. The quantitative estimate of drug-likeness (QED) is 0.671. The Bertz CT molecular complexity index is 1010. The van der Waals surface area contributed by atoms with E-state index in [4.69, 9.17) is 9.47 Å². The van der Waals surface area contributed by atoms with Crippen molar-refractivity contribution in [3.63, 3.8) is 0 Å². The number of likely N-dealkylation sites (N-methyl/N-ethyl adjacent to an activating group) is 1. The molecular weight excluding hydrogens is 439 g/mol. The molecule has 33 heavy (non-hydrogen) atoms. The molecule has 180 valence electrons. The molecule has 1 aliphatic carbocycles. The first-order valence-electron chi connectivity index (χ1n) is 10.8. The highest BCUT2D eigenvalue weighted by Crippen LogP contribution is 2.50. The summed E-state index contributed by atoms with van der Waals surface area (Å²) in [6.07, 6.45) is -0.555. The molecule has 0 spiro atoms. The highest BCUT2D eigenvalue weighted by atomic mass is 19.4. The minimum atomic E-state index is -4.68. The van der Waals surface area contributed by atoms with Gasteiger partial charge >= 0.3 is 12.2 Å². The molecule has 2 aliphatic rings. The van der Waals surface area contributed by atoms with Crippen molar-refractivity contribution < 1.29 is 31.9 Å². The summed E-state index contributed by atoms with van der Waals surface area (Å²) in [5.41, 5.74) is 0.691. The van der Waals surface area contributed by atoms with Crippen LogP contribution in [0.25, 0.3) is 0 Å². The SMILES string of the molecule is COc1ccc(C23CCC(NC(=O)Nc4ccoc4C(F)(F)F)CC2N(C)CC3)cc1OC. The fourth-order valence-electron chi connectivity index (χ4n) is 5.37. The number of benzene rings is 1. The Labute approximate surface area is 190 Å². The van der Waals surface area contributed by atoms with Crippen LogP contribution in [0.3, 0.4) is 0 Å². The molecule has 4 rings (SSSR count). The van der Waals surface area contributed by atoms with Crippen LogP contribution in [0.5, 0.6) is 11.5 Å². The molecule has 0 radical (unpaired) electrons. The standard InChI is InChI=1S/C23H28F3N3O4/c1-29-10-9-22(14-4-5-17(31-2)18(12-14)32-3)8-6-15(13-19(22)29)27-21(30)28-16-7-11-33-20(16)23(24,25)26/h4-5,7,11-12,15,19H,6,8-10,13H2,1-3H3,(H2,27,28,30). The lowest BCUT2D eigenvalue weighted by atomic mass is 9.65. The van der Waals surface area contributed by atoms with Gasteiger partial charge in [0.1, 0.15) is 0 Å². The number of nitrogens with zero attached hydrogens (tertiary/aromatic N) is 1. The van der Waals surface area contributed by atoms with Gasteiger partial charge in [0.25, 0.3) is 0 Å². The largest absolute Gasteiger partial charge is 0.493 e. The van der Waals surface area contributed by atoms with E-state index in [0.717, 1.165) is 31.7 Å². The molecule has 1 aromatic heterocycles. The number of carbonyl (C=O) groups is 1. The van der Waals surface area contributed by atoms with Gasteiger partial charge in [-0.3, -0.25) is 0 Å². The van der Waals surface area contributed by atoms with Gasteiger partial charge in [-0.25, -0.2) is 4.79 Å². The van der Waals surface area contributed by atoms with Crippen LogP contribution in [0.2, 0.25) is 0 Å². The number of likely N-dealkylation sites (tertiary alicyclic amines) is 1. The Balaban J connectivity index is 1.48. The van der Waals surface area contributed by atoms with E-state index in [1.165, 1.54) is 5.56 Å². The average Bonchev–Trinajstić information content (AvgIpc) is 3.38. The van der Waals surface area contributed by atoms with Crippen LogP contribution in [0.4, 0.5) is 23.7 Å². The third-order valence-electron chi connectivity index (χ3n) is 6.99. The summed E-state index contributed by atoms with van der Waals surface area (Å²) < 4.78 is 54.4. The Morgan fingerprint density at radius 1 is 1.18 bits per heavy atom. The number of carbonyl (C=O) groups excluding carboxylic acids is 1. The van der Waals surface area contributed by atoms with E-state index in [0.29, 0.717) is 24.3 Å². The third-order valence-corrected chi connectivity index (χ3v) is 6.99. The lowest BCUT2D eigenvalue weighted by Crippen LogP contribution is -2.52. The number of urea groups is 1. The minimum Gasteiger partial charge on any atom is -0.493 e. The number of alkyl halides is 3. The van der Waals surface area contributed by atoms with E-state index >= 15 is 0 Å². The lowest BCUT2D eigenvalue weighted by Gasteiger charge is -2.45. The van der Waals surface area contributed by atoms with E-state index in [2.05, 4.69) is 33.1 Å². The number of halogens is 3. The van der Waals surface area contributed by atoms with E-state index < -0.39 is 23.7 Å². The number of nitrogens with one attached hydrogen (secondary N) is 2. The first-order valence-corrected chi connectivity index (χ1v) is 10.8. The van der Waals surface area contributed by atoms with E-state index in [1.54, 1.807) is 14.2 Å². The number of amides is 2. The molecule has 2 N–H and O–H groups in total.